The second-order valence-corrected chi connectivity index (χ2v) is 4.66. The van der Waals surface area contributed by atoms with Crippen molar-refractivity contribution in [1.29, 1.82) is 0 Å². The van der Waals surface area contributed by atoms with E-state index < -0.39 is 0 Å². The third-order valence-corrected chi connectivity index (χ3v) is 3.75. The van der Waals surface area contributed by atoms with E-state index in [0.29, 0.717) is 12.0 Å². The Hall–Kier alpha value is -1.55. The zero-order valence-corrected chi connectivity index (χ0v) is 9.77. The number of para-hydroxylation sites is 1. The number of carbonyl (C=O) groups excluding carboxylic acids is 1. The minimum Gasteiger partial charge on any atom is -0.468 e. The molecule has 1 aromatic rings. The summed E-state index contributed by atoms with van der Waals surface area (Å²) in [5.41, 5.74) is 2.53. The Morgan fingerprint density at radius 1 is 1.41 bits per heavy atom. The van der Waals surface area contributed by atoms with E-state index in [9.17, 15) is 4.79 Å². The van der Waals surface area contributed by atoms with E-state index in [-0.39, 0.29) is 12.0 Å². The van der Waals surface area contributed by atoms with Gasteiger partial charge in [-0.2, -0.15) is 0 Å². The molecule has 0 radical (unpaired) electrons. The molecule has 0 bridgehead atoms. The summed E-state index contributed by atoms with van der Waals surface area (Å²) in [5, 5.41) is 6.74. The Morgan fingerprint density at radius 2 is 2.24 bits per heavy atom. The van der Waals surface area contributed by atoms with Gasteiger partial charge in [0, 0.05) is 24.2 Å². The van der Waals surface area contributed by atoms with Crippen molar-refractivity contribution >= 4 is 11.7 Å². The zero-order valence-electron chi connectivity index (χ0n) is 9.77. The van der Waals surface area contributed by atoms with Gasteiger partial charge in [0.1, 0.15) is 6.04 Å². The Balaban J connectivity index is 1.84. The minimum absolute atomic E-state index is 0.159. The van der Waals surface area contributed by atoms with E-state index in [1.165, 1.54) is 18.4 Å². The number of hydrogen-bond donors (Lipinski definition) is 2. The maximum absolute atomic E-state index is 11.6. The number of hydrogen-bond acceptors (Lipinski definition) is 4. The zero-order chi connectivity index (χ0) is 11.8. The van der Waals surface area contributed by atoms with Crippen LogP contribution in [0.3, 0.4) is 0 Å². The average Bonchev–Trinajstić information content (AvgIpc) is 2.75. The highest BCUT2D eigenvalue weighted by Gasteiger charge is 2.39. The van der Waals surface area contributed by atoms with Crippen LogP contribution in [-0.2, 0) is 9.53 Å². The Bertz CT molecular complexity index is 447. The normalized spacial score (nSPS) is 30.1. The molecule has 17 heavy (non-hydrogen) atoms. The summed E-state index contributed by atoms with van der Waals surface area (Å²) in [5.74, 6) is 0.254. The van der Waals surface area contributed by atoms with Gasteiger partial charge in [0.05, 0.1) is 7.11 Å². The first-order chi connectivity index (χ1) is 8.29. The van der Waals surface area contributed by atoms with Crippen LogP contribution in [0.4, 0.5) is 5.69 Å². The van der Waals surface area contributed by atoms with Gasteiger partial charge in [-0.1, -0.05) is 18.2 Å². The topological polar surface area (TPSA) is 50.4 Å². The molecule has 2 heterocycles. The van der Waals surface area contributed by atoms with E-state index in [2.05, 4.69) is 28.8 Å². The molecule has 1 aromatic carbocycles. The highest BCUT2D eigenvalue weighted by Crippen LogP contribution is 2.40. The molecule has 4 nitrogen and oxygen atoms in total. The van der Waals surface area contributed by atoms with Crippen LogP contribution in [0.15, 0.2) is 24.3 Å². The van der Waals surface area contributed by atoms with Gasteiger partial charge in [-0.25, -0.2) is 0 Å². The van der Waals surface area contributed by atoms with Gasteiger partial charge in [0.15, 0.2) is 0 Å². The molecular formula is C13H16N2O2. The highest BCUT2D eigenvalue weighted by molar-refractivity contribution is 5.76. The standard InChI is InChI=1S/C13H16N2O2/c1-17-13(16)11-6-9-8-4-2-3-5-10(8)15-12(9)7-14-11/h2-5,9,11-12,14-15H,6-7H2,1H3/t9?,11-,12?/m0/s1. The lowest BCUT2D eigenvalue weighted by molar-refractivity contribution is -0.143. The number of ether oxygens (including phenoxy) is 1. The maximum Gasteiger partial charge on any atom is 0.322 e. The van der Waals surface area contributed by atoms with E-state index in [1.54, 1.807) is 0 Å². The number of methoxy groups -OCH3 is 1. The lowest BCUT2D eigenvalue weighted by Gasteiger charge is -2.31. The second kappa shape index (κ2) is 4.04. The minimum atomic E-state index is -0.172. The van der Waals surface area contributed by atoms with Crippen LogP contribution in [0.25, 0.3) is 0 Å². The Labute approximate surface area is 100 Å². The SMILES string of the molecule is COC(=O)[C@@H]1CC2c3ccccc3NC2CN1. The van der Waals surface area contributed by atoms with E-state index in [1.807, 2.05) is 6.07 Å². The van der Waals surface area contributed by atoms with E-state index in [4.69, 9.17) is 4.74 Å². The van der Waals surface area contributed by atoms with Crippen LogP contribution >= 0.6 is 0 Å². The number of anilines is 1. The quantitative estimate of drug-likeness (QED) is 0.712. The lowest BCUT2D eigenvalue weighted by Crippen LogP contribution is -2.50. The van der Waals surface area contributed by atoms with Crippen LogP contribution in [0.1, 0.15) is 17.9 Å². The van der Waals surface area contributed by atoms with Gasteiger partial charge in [-0.3, -0.25) is 4.79 Å². The van der Waals surface area contributed by atoms with Gasteiger partial charge in [0.25, 0.3) is 0 Å². The van der Waals surface area contributed by atoms with Crippen molar-refractivity contribution in [2.45, 2.75) is 24.4 Å². The van der Waals surface area contributed by atoms with Crippen molar-refractivity contribution in [2.24, 2.45) is 0 Å². The van der Waals surface area contributed by atoms with Crippen LogP contribution in [0.5, 0.6) is 0 Å². The lowest BCUT2D eigenvalue weighted by atomic mass is 9.85. The predicted octanol–water partition coefficient (Wildman–Crippen LogP) is 1.10. The third kappa shape index (κ3) is 1.69. The van der Waals surface area contributed by atoms with Crippen molar-refractivity contribution in [3.05, 3.63) is 29.8 Å². The highest BCUT2D eigenvalue weighted by atomic mass is 16.5. The predicted molar refractivity (Wildman–Crippen MR) is 65.0 cm³/mol. The summed E-state index contributed by atoms with van der Waals surface area (Å²) in [4.78, 5) is 11.6. The fourth-order valence-corrected chi connectivity index (χ4v) is 2.88. The van der Waals surface area contributed by atoms with Crippen molar-refractivity contribution in [3.63, 3.8) is 0 Å². The van der Waals surface area contributed by atoms with Gasteiger partial charge >= 0.3 is 5.97 Å². The summed E-state index contributed by atoms with van der Waals surface area (Å²) in [6, 6.07) is 8.56. The molecule has 2 unspecified atom stereocenters. The van der Waals surface area contributed by atoms with Gasteiger partial charge in [0.2, 0.25) is 0 Å². The van der Waals surface area contributed by atoms with Crippen molar-refractivity contribution in [2.75, 3.05) is 19.0 Å². The number of carbonyl (C=O) groups is 1. The van der Waals surface area contributed by atoms with Gasteiger partial charge in [-0.15, -0.1) is 0 Å². The number of fused-ring (bicyclic) bond motifs is 3. The van der Waals surface area contributed by atoms with E-state index in [0.717, 1.165) is 13.0 Å². The van der Waals surface area contributed by atoms with Gasteiger partial charge < -0.3 is 15.4 Å². The molecule has 0 amide bonds. The van der Waals surface area contributed by atoms with Crippen molar-refractivity contribution in [3.8, 4) is 0 Å². The van der Waals surface area contributed by atoms with Crippen molar-refractivity contribution < 1.29 is 9.53 Å². The largest absolute Gasteiger partial charge is 0.468 e. The first-order valence-corrected chi connectivity index (χ1v) is 5.96. The first kappa shape index (κ1) is 10.6. The molecule has 0 aromatic heterocycles. The third-order valence-electron chi connectivity index (χ3n) is 3.75. The van der Waals surface area contributed by atoms with Crippen LogP contribution in [0, 0.1) is 0 Å². The number of piperidine rings is 1. The number of benzene rings is 1. The number of nitrogens with one attached hydrogen (secondary N) is 2. The second-order valence-electron chi connectivity index (χ2n) is 4.66. The Kier molecular flexibility index (Phi) is 2.52. The summed E-state index contributed by atoms with van der Waals surface area (Å²) >= 11 is 0. The molecule has 2 aliphatic heterocycles. The fraction of sp³-hybridized carbons (Fsp3) is 0.462. The average molecular weight is 232 g/mol. The summed E-state index contributed by atoms with van der Waals surface area (Å²) in [6.45, 7) is 0.805. The summed E-state index contributed by atoms with van der Waals surface area (Å²) in [6.07, 6.45) is 0.807. The number of esters is 1. The Morgan fingerprint density at radius 3 is 3.06 bits per heavy atom. The van der Waals surface area contributed by atoms with Crippen LogP contribution in [0.2, 0.25) is 0 Å². The van der Waals surface area contributed by atoms with Crippen LogP contribution < -0.4 is 10.6 Å². The molecule has 1 saturated heterocycles. The molecule has 3 atom stereocenters. The smallest absolute Gasteiger partial charge is 0.322 e. The first-order valence-electron chi connectivity index (χ1n) is 5.96. The molecule has 4 heteroatoms. The monoisotopic (exact) mass is 232 g/mol. The van der Waals surface area contributed by atoms with Crippen LogP contribution in [-0.4, -0.2) is 31.7 Å². The molecular weight excluding hydrogens is 216 g/mol. The maximum atomic E-state index is 11.6. The summed E-state index contributed by atoms with van der Waals surface area (Å²) in [7, 11) is 1.44. The summed E-state index contributed by atoms with van der Waals surface area (Å²) < 4.78 is 4.80. The molecule has 90 valence electrons. The van der Waals surface area contributed by atoms with Crippen molar-refractivity contribution in [1.82, 2.24) is 5.32 Å². The molecule has 0 saturated carbocycles. The fourth-order valence-electron chi connectivity index (χ4n) is 2.88. The number of rotatable bonds is 1. The van der Waals surface area contributed by atoms with E-state index >= 15 is 0 Å². The molecule has 1 fully saturated rings. The molecule has 0 aliphatic carbocycles. The van der Waals surface area contributed by atoms with Gasteiger partial charge in [-0.05, 0) is 18.1 Å². The molecule has 3 rings (SSSR count). The molecule has 2 aliphatic rings. The molecule has 2 N–H and O–H groups in total. The molecule has 0 spiro atoms.